The van der Waals surface area contributed by atoms with Crippen molar-refractivity contribution < 1.29 is 0 Å². The molecule has 0 amide bonds. The molecule has 0 radical (unpaired) electrons. The zero-order valence-electron chi connectivity index (χ0n) is 11.6. The molecular formula is C15H22ClIN2. The van der Waals surface area contributed by atoms with Crippen molar-refractivity contribution in [2.75, 3.05) is 18.4 Å². The average Bonchev–Trinajstić information content (AvgIpc) is 2.58. The zero-order valence-corrected chi connectivity index (χ0v) is 14.5. The number of anilines is 1. The minimum Gasteiger partial charge on any atom is -0.381 e. The third kappa shape index (κ3) is 4.50. The summed E-state index contributed by atoms with van der Waals surface area (Å²) in [5, 5.41) is 4.44. The van der Waals surface area contributed by atoms with Gasteiger partial charge in [-0.3, -0.25) is 0 Å². The normalized spacial score (nSPS) is 21.4. The molecule has 106 valence electrons. The number of rotatable bonds is 3. The Morgan fingerprint density at radius 3 is 2.79 bits per heavy atom. The van der Waals surface area contributed by atoms with Crippen LogP contribution in [0.25, 0.3) is 0 Å². The lowest BCUT2D eigenvalue weighted by Crippen LogP contribution is -2.32. The molecule has 1 N–H and O–H groups in total. The Bertz CT molecular complexity index is 423. The largest absolute Gasteiger partial charge is 0.381 e. The van der Waals surface area contributed by atoms with Crippen molar-refractivity contribution in [1.29, 1.82) is 0 Å². The van der Waals surface area contributed by atoms with Crippen LogP contribution in [0.5, 0.6) is 0 Å². The minimum atomic E-state index is 0.543. The second kappa shape index (κ2) is 7.14. The number of nitrogens with one attached hydrogen (secondary N) is 1. The topological polar surface area (TPSA) is 15.3 Å². The molecule has 1 heterocycles. The van der Waals surface area contributed by atoms with Crippen LogP contribution in [0.3, 0.4) is 0 Å². The summed E-state index contributed by atoms with van der Waals surface area (Å²) < 4.78 is 1.18. The van der Waals surface area contributed by atoms with Crippen molar-refractivity contribution in [3.05, 3.63) is 26.8 Å². The number of halogens is 2. The number of hydrogen-bond acceptors (Lipinski definition) is 2. The van der Waals surface area contributed by atoms with Gasteiger partial charge < -0.3 is 10.2 Å². The maximum absolute atomic E-state index is 6.29. The van der Waals surface area contributed by atoms with Gasteiger partial charge in [-0.1, -0.05) is 11.6 Å². The Morgan fingerprint density at radius 1 is 1.32 bits per heavy atom. The van der Waals surface area contributed by atoms with E-state index in [1.165, 1.54) is 35.9 Å². The van der Waals surface area contributed by atoms with E-state index in [9.17, 15) is 0 Å². The van der Waals surface area contributed by atoms with Crippen molar-refractivity contribution in [1.82, 2.24) is 4.90 Å². The monoisotopic (exact) mass is 392 g/mol. The van der Waals surface area contributed by atoms with Gasteiger partial charge in [-0.2, -0.15) is 0 Å². The molecule has 1 saturated heterocycles. The van der Waals surface area contributed by atoms with Gasteiger partial charge in [0.2, 0.25) is 0 Å². The molecule has 0 bridgehead atoms. The van der Waals surface area contributed by atoms with Gasteiger partial charge in [-0.25, -0.2) is 0 Å². The fourth-order valence-corrected chi connectivity index (χ4v) is 3.52. The van der Waals surface area contributed by atoms with Crippen LogP contribution in [0.4, 0.5) is 5.69 Å². The Hall–Kier alpha value is -0.0000000000000000555. The van der Waals surface area contributed by atoms with Gasteiger partial charge in [-0.15, -0.1) is 0 Å². The molecule has 4 heteroatoms. The molecule has 2 nitrogen and oxygen atoms in total. The summed E-state index contributed by atoms with van der Waals surface area (Å²) in [5.74, 6) is 0. The summed E-state index contributed by atoms with van der Waals surface area (Å²) in [6.45, 7) is 6.96. The Morgan fingerprint density at radius 2 is 2.11 bits per heavy atom. The maximum atomic E-state index is 6.29. The SMILES string of the molecule is CC(C)N1CCCC(Nc2ccc(I)cc2Cl)CC1. The van der Waals surface area contributed by atoms with E-state index in [1.807, 2.05) is 6.07 Å². The van der Waals surface area contributed by atoms with Crippen LogP contribution in [0.15, 0.2) is 18.2 Å². The molecule has 2 rings (SSSR count). The Kier molecular flexibility index (Phi) is 5.78. The Labute approximate surface area is 135 Å². The zero-order chi connectivity index (χ0) is 13.8. The van der Waals surface area contributed by atoms with Crippen molar-refractivity contribution >= 4 is 39.9 Å². The van der Waals surface area contributed by atoms with E-state index in [1.54, 1.807) is 0 Å². The van der Waals surface area contributed by atoms with Crippen LogP contribution >= 0.6 is 34.2 Å². The van der Waals surface area contributed by atoms with E-state index in [0.29, 0.717) is 12.1 Å². The summed E-state index contributed by atoms with van der Waals surface area (Å²) in [6, 6.07) is 7.41. The lowest BCUT2D eigenvalue weighted by atomic mass is 10.1. The Balaban J connectivity index is 1.96. The highest BCUT2D eigenvalue weighted by atomic mass is 127. The number of likely N-dealkylation sites (tertiary alicyclic amines) is 1. The second-order valence-corrected chi connectivity index (χ2v) is 7.18. The molecule has 1 aromatic carbocycles. The summed E-state index contributed by atoms with van der Waals surface area (Å²) in [6.07, 6.45) is 3.68. The van der Waals surface area contributed by atoms with Gasteiger partial charge in [0.1, 0.15) is 0 Å². The molecule has 1 unspecified atom stereocenters. The van der Waals surface area contributed by atoms with Crippen LogP contribution in [0.2, 0.25) is 5.02 Å². The van der Waals surface area contributed by atoms with E-state index in [-0.39, 0.29) is 0 Å². The molecule has 0 saturated carbocycles. The maximum Gasteiger partial charge on any atom is 0.0648 e. The van der Waals surface area contributed by atoms with E-state index in [0.717, 1.165) is 10.7 Å². The highest BCUT2D eigenvalue weighted by Crippen LogP contribution is 2.26. The van der Waals surface area contributed by atoms with Gasteiger partial charge in [0, 0.05) is 22.2 Å². The van der Waals surface area contributed by atoms with Crippen molar-refractivity contribution in [2.24, 2.45) is 0 Å². The van der Waals surface area contributed by atoms with Crippen LogP contribution in [0.1, 0.15) is 33.1 Å². The third-order valence-electron chi connectivity index (χ3n) is 3.78. The summed E-state index contributed by atoms with van der Waals surface area (Å²) in [4.78, 5) is 2.57. The van der Waals surface area contributed by atoms with E-state index in [2.05, 4.69) is 58.8 Å². The summed E-state index contributed by atoms with van der Waals surface area (Å²) in [5.41, 5.74) is 1.07. The van der Waals surface area contributed by atoms with Crippen molar-refractivity contribution in [3.63, 3.8) is 0 Å². The fraction of sp³-hybridized carbons (Fsp3) is 0.600. The second-order valence-electron chi connectivity index (χ2n) is 5.53. The van der Waals surface area contributed by atoms with Gasteiger partial charge >= 0.3 is 0 Å². The van der Waals surface area contributed by atoms with Crippen molar-refractivity contribution in [3.8, 4) is 0 Å². The molecule has 1 fully saturated rings. The minimum absolute atomic E-state index is 0.543. The first-order valence-electron chi connectivity index (χ1n) is 7.02. The number of hydrogen-bond donors (Lipinski definition) is 1. The lowest BCUT2D eigenvalue weighted by molar-refractivity contribution is 0.230. The van der Waals surface area contributed by atoms with Crippen LogP contribution in [-0.4, -0.2) is 30.1 Å². The first-order chi connectivity index (χ1) is 9.06. The average molecular weight is 393 g/mol. The summed E-state index contributed by atoms with van der Waals surface area (Å²) in [7, 11) is 0. The predicted octanol–water partition coefficient (Wildman–Crippen LogP) is 4.62. The molecule has 1 aliphatic rings. The fourth-order valence-electron chi connectivity index (χ4n) is 2.61. The van der Waals surface area contributed by atoms with E-state index >= 15 is 0 Å². The molecule has 1 aliphatic heterocycles. The van der Waals surface area contributed by atoms with Gasteiger partial charge in [0.25, 0.3) is 0 Å². The highest BCUT2D eigenvalue weighted by molar-refractivity contribution is 14.1. The predicted molar refractivity (Wildman–Crippen MR) is 92.1 cm³/mol. The molecular weight excluding hydrogens is 371 g/mol. The lowest BCUT2D eigenvalue weighted by Gasteiger charge is -2.24. The standard InChI is InChI=1S/C15H22ClIN2/c1-11(2)19-8-3-4-13(7-9-19)18-15-6-5-12(17)10-14(15)16/h5-6,10-11,13,18H,3-4,7-9H2,1-2H3. The number of nitrogens with zero attached hydrogens (tertiary/aromatic N) is 1. The smallest absolute Gasteiger partial charge is 0.0648 e. The quantitative estimate of drug-likeness (QED) is 0.755. The first-order valence-corrected chi connectivity index (χ1v) is 8.47. The van der Waals surface area contributed by atoms with E-state index < -0.39 is 0 Å². The van der Waals surface area contributed by atoms with Crippen LogP contribution < -0.4 is 5.32 Å². The van der Waals surface area contributed by atoms with Crippen LogP contribution in [0, 0.1) is 3.57 Å². The first kappa shape index (κ1) is 15.4. The number of benzene rings is 1. The molecule has 19 heavy (non-hydrogen) atoms. The van der Waals surface area contributed by atoms with Crippen molar-refractivity contribution in [2.45, 2.75) is 45.2 Å². The molecule has 0 spiro atoms. The molecule has 0 aromatic heterocycles. The van der Waals surface area contributed by atoms with Crippen LogP contribution in [-0.2, 0) is 0 Å². The highest BCUT2D eigenvalue weighted by Gasteiger charge is 2.19. The summed E-state index contributed by atoms with van der Waals surface area (Å²) >= 11 is 8.58. The van der Waals surface area contributed by atoms with Gasteiger partial charge in [-0.05, 0) is 80.4 Å². The molecule has 1 aromatic rings. The molecule has 1 atom stereocenters. The molecule has 0 aliphatic carbocycles. The van der Waals surface area contributed by atoms with Gasteiger partial charge in [0.15, 0.2) is 0 Å². The van der Waals surface area contributed by atoms with E-state index in [4.69, 9.17) is 11.6 Å². The van der Waals surface area contributed by atoms with Gasteiger partial charge in [0.05, 0.1) is 10.7 Å². The third-order valence-corrected chi connectivity index (χ3v) is 4.77.